The Hall–Kier alpha value is -3.71. The fraction of sp³-hybridized carbons (Fsp3) is 0.429. The summed E-state index contributed by atoms with van der Waals surface area (Å²) < 4.78 is 15.0. The van der Waals surface area contributed by atoms with Gasteiger partial charge in [0.25, 0.3) is 5.91 Å². The molecule has 3 aromatic carbocycles. The van der Waals surface area contributed by atoms with Crippen LogP contribution < -0.4 is 10.6 Å². The average molecular weight is 570 g/mol. The van der Waals surface area contributed by atoms with E-state index in [4.69, 9.17) is 0 Å². The van der Waals surface area contributed by atoms with Crippen molar-refractivity contribution in [3.63, 3.8) is 0 Å². The summed E-state index contributed by atoms with van der Waals surface area (Å²) in [7, 11) is 0. The molecule has 1 saturated heterocycles. The molecule has 6 nitrogen and oxygen atoms in total. The number of piperidine rings is 1. The van der Waals surface area contributed by atoms with Crippen LogP contribution in [0.2, 0.25) is 0 Å². The third-order valence-electron chi connectivity index (χ3n) is 9.48. The van der Waals surface area contributed by atoms with Crippen molar-refractivity contribution in [2.75, 3.05) is 17.2 Å². The molecule has 1 saturated carbocycles. The summed E-state index contributed by atoms with van der Waals surface area (Å²) in [4.78, 5) is 29.6. The third-order valence-corrected chi connectivity index (χ3v) is 9.48. The van der Waals surface area contributed by atoms with Crippen molar-refractivity contribution in [3.8, 4) is 0 Å². The number of halogens is 1. The van der Waals surface area contributed by atoms with Gasteiger partial charge in [-0.3, -0.25) is 9.59 Å². The molecule has 0 bridgehead atoms. The molecule has 6 rings (SSSR count). The quantitative estimate of drug-likeness (QED) is 0.303. The van der Waals surface area contributed by atoms with Crippen molar-refractivity contribution in [2.45, 2.75) is 82.9 Å². The van der Waals surface area contributed by atoms with Gasteiger partial charge in [0.05, 0.1) is 23.1 Å². The molecule has 1 heterocycles. The summed E-state index contributed by atoms with van der Waals surface area (Å²) in [6, 6.07) is 18.3. The molecule has 3 aromatic rings. The number of anilines is 2. The van der Waals surface area contributed by atoms with Gasteiger partial charge in [-0.2, -0.15) is 0 Å². The van der Waals surface area contributed by atoms with Crippen LogP contribution in [-0.2, 0) is 16.8 Å². The lowest BCUT2D eigenvalue weighted by molar-refractivity contribution is -0.123. The van der Waals surface area contributed by atoms with Crippen LogP contribution in [0.1, 0.15) is 90.5 Å². The molecule has 3 atom stereocenters. The second-order valence-corrected chi connectivity index (χ2v) is 12.5. The minimum atomic E-state index is -0.918. The molecule has 42 heavy (non-hydrogen) atoms. The van der Waals surface area contributed by atoms with E-state index in [1.165, 1.54) is 18.9 Å². The van der Waals surface area contributed by atoms with Crippen molar-refractivity contribution in [1.29, 1.82) is 0 Å². The number of carbonyl (C=O) groups excluding carboxylic acids is 2. The van der Waals surface area contributed by atoms with E-state index in [1.54, 1.807) is 30.9 Å². The number of likely N-dealkylation sites (tertiary alicyclic amines) is 1. The van der Waals surface area contributed by atoms with Crippen LogP contribution in [0.15, 0.2) is 60.7 Å². The second kappa shape index (κ2) is 11.5. The Morgan fingerprint density at radius 1 is 0.976 bits per heavy atom. The average Bonchev–Trinajstić information content (AvgIpc) is 3.60. The minimum absolute atomic E-state index is 0.0592. The molecule has 0 spiro atoms. The maximum atomic E-state index is 15.0. The SMILES string of the molecule is Cc1cccc(F)c1C(=O)N1CCCC(C(=O)Nc2ccc3c(c2)C(C)(O)CC3)[C@@H]1c1ccc(NC2CCCC2)cc1. The predicted molar refractivity (Wildman–Crippen MR) is 163 cm³/mol. The van der Waals surface area contributed by atoms with E-state index >= 15 is 0 Å². The molecule has 0 aromatic heterocycles. The van der Waals surface area contributed by atoms with Crippen LogP contribution in [0, 0.1) is 18.7 Å². The van der Waals surface area contributed by atoms with Crippen molar-refractivity contribution in [2.24, 2.45) is 5.92 Å². The molecule has 7 heteroatoms. The van der Waals surface area contributed by atoms with E-state index in [-0.39, 0.29) is 11.5 Å². The Morgan fingerprint density at radius 3 is 2.45 bits per heavy atom. The van der Waals surface area contributed by atoms with Gasteiger partial charge in [-0.25, -0.2) is 4.39 Å². The zero-order valence-electron chi connectivity index (χ0n) is 24.5. The van der Waals surface area contributed by atoms with Crippen LogP contribution >= 0.6 is 0 Å². The highest BCUT2D eigenvalue weighted by Gasteiger charge is 2.41. The Labute approximate surface area is 247 Å². The van der Waals surface area contributed by atoms with Crippen LogP contribution in [0.4, 0.5) is 15.8 Å². The van der Waals surface area contributed by atoms with Gasteiger partial charge in [0, 0.05) is 24.0 Å². The molecule has 2 aliphatic carbocycles. The summed E-state index contributed by atoms with van der Waals surface area (Å²) in [5.74, 6) is -1.66. The van der Waals surface area contributed by atoms with Crippen molar-refractivity contribution < 1.29 is 19.1 Å². The van der Waals surface area contributed by atoms with Gasteiger partial charge in [0.15, 0.2) is 0 Å². The van der Waals surface area contributed by atoms with Crippen LogP contribution in [0.3, 0.4) is 0 Å². The molecule has 2 amide bonds. The lowest BCUT2D eigenvalue weighted by atomic mass is 9.83. The topological polar surface area (TPSA) is 81.7 Å². The maximum absolute atomic E-state index is 15.0. The van der Waals surface area contributed by atoms with Gasteiger partial charge in [-0.05, 0) is 105 Å². The summed E-state index contributed by atoms with van der Waals surface area (Å²) in [5.41, 5.74) is 4.16. The van der Waals surface area contributed by atoms with Crippen LogP contribution in [0.5, 0.6) is 0 Å². The molecular formula is C35H40FN3O3. The molecule has 3 aliphatic rings. The first-order chi connectivity index (χ1) is 20.2. The molecule has 220 valence electrons. The summed E-state index contributed by atoms with van der Waals surface area (Å²) in [6.45, 7) is 3.98. The standard InChI is InChI=1S/C35H40FN3O3/c1-22-7-5-11-30(36)31(22)34(41)39-20-6-10-28(32(39)24-13-15-26(16-14-24)37-25-8-3-4-9-25)33(40)38-27-17-12-23-18-19-35(2,42)29(23)21-27/h5,7,11-17,21,25,28,32,37,42H,3-4,6,8-10,18-20H2,1-2H3,(H,38,40)/t28?,32-,35?/m0/s1. The molecular weight excluding hydrogens is 529 g/mol. The number of aliphatic hydroxyl groups is 1. The molecule has 1 aliphatic heterocycles. The van der Waals surface area contributed by atoms with Gasteiger partial charge in [0.2, 0.25) is 5.91 Å². The van der Waals surface area contributed by atoms with E-state index in [9.17, 15) is 19.1 Å². The normalized spacial score (nSPS) is 24.0. The van der Waals surface area contributed by atoms with Crippen molar-refractivity contribution >= 4 is 23.2 Å². The third kappa shape index (κ3) is 5.54. The first kappa shape index (κ1) is 28.4. The largest absolute Gasteiger partial charge is 0.385 e. The number of fused-ring (bicyclic) bond motifs is 1. The summed E-state index contributed by atoms with van der Waals surface area (Å²) in [6.07, 6.45) is 7.49. The van der Waals surface area contributed by atoms with E-state index in [2.05, 4.69) is 10.6 Å². The highest BCUT2D eigenvalue weighted by atomic mass is 19.1. The number of nitrogens with one attached hydrogen (secondary N) is 2. The molecule has 2 unspecified atom stereocenters. The monoisotopic (exact) mass is 569 g/mol. The number of nitrogens with zero attached hydrogens (tertiary/aromatic N) is 1. The number of hydrogen-bond acceptors (Lipinski definition) is 4. The van der Waals surface area contributed by atoms with Gasteiger partial charge in [-0.15, -0.1) is 0 Å². The van der Waals surface area contributed by atoms with Gasteiger partial charge >= 0.3 is 0 Å². The Balaban J connectivity index is 1.32. The van der Waals surface area contributed by atoms with Crippen molar-refractivity contribution in [1.82, 2.24) is 4.90 Å². The fourth-order valence-corrected chi connectivity index (χ4v) is 7.16. The number of hydrogen-bond donors (Lipinski definition) is 3. The van der Waals surface area contributed by atoms with E-state index in [0.717, 1.165) is 41.6 Å². The number of aryl methyl sites for hydroxylation is 2. The number of amides is 2. The lowest BCUT2D eigenvalue weighted by Crippen LogP contribution is -2.46. The highest BCUT2D eigenvalue weighted by Crippen LogP contribution is 2.41. The van der Waals surface area contributed by atoms with E-state index in [1.807, 2.05) is 42.5 Å². The van der Waals surface area contributed by atoms with Crippen LogP contribution in [0.25, 0.3) is 0 Å². The van der Waals surface area contributed by atoms with E-state index < -0.39 is 29.3 Å². The predicted octanol–water partition coefficient (Wildman–Crippen LogP) is 6.87. The van der Waals surface area contributed by atoms with Crippen LogP contribution in [-0.4, -0.2) is 34.4 Å². The zero-order valence-corrected chi connectivity index (χ0v) is 24.5. The highest BCUT2D eigenvalue weighted by molar-refractivity contribution is 5.98. The maximum Gasteiger partial charge on any atom is 0.257 e. The molecule has 2 fully saturated rings. The number of benzene rings is 3. The summed E-state index contributed by atoms with van der Waals surface area (Å²) >= 11 is 0. The van der Waals surface area contributed by atoms with Gasteiger partial charge < -0.3 is 20.6 Å². The van der Waals surface area contributed by atoms with E-state index in [0.29, 0.717) is 43.1 Å². The summed E-state index contributed by atoms with van der Waals surface area (Å²) in [5, 5.41) is 17.5. The zero-order chi connectivity index (χ0) is 29.4. The number of carbonyl (C=O) groups is 2. The van der Waals surface area contributed by atoms with Gasteiger partial charge in [0.1, 0.15) is 5.82 Å². The smallest absolute Gasteiger partial charge is 0.257 e. The Morgan fingerprint density at radius 2 is 1.71 bits per heavy atom. The lowest BCUT2D eigenvalue weighted by Gasteiger charge is -2.41. The first-order valence-corrected chi connectivity index (χ1v) is 15.3. The van der Waals surface area contributed by atoms with Crippen molar-refractivity contribution in [3.05, 3.63) is 94.3 Å². The second-order valence-electron chi connectivity index (χ2n) is 12.5. The molecule has 0 radical (unpaired) electrons. The Bertz CT molecular complexity index is 1460. The minimum Gasteiger partial charge on any atom is -0.385 e. The first-order valence-electron chi connectivity index (χ1n) is 15.3. The fourth-order valence-electron chi connectivity index (χ4n) is 7.16. The number of rotatable bonds is 6. The Kier molecular flexibility index (Phi) is 7.79. The molecule has 3 N–H and O–H groups in total. The van der Waals surface area contributed by atoms with Gasteiger partial charge in [-0.1, -0.05) is 43.2 Å².